The summed E-state index contributed by atoms with van der Waals surface area (Å²) in [6.07, 6.45) is 1.84. The molecular formula is C18H25N3O3S. The van der Waals surface area contributed by atoms with Gasteiger partial charge in [0, 0.05) is 32.1 Å². The molecule has 3 heterocycles. The topological polar surface area (TPSA) is 64.4 Å². The van der Waals surface area contributed by atoms with Gasteiger partial charge < -0.3 is 4.74 Å². The lowest BCUT2D eigenvalue weighted by Crippen LogP contribution is -2.35. The summed E-state index contributed by atoms with van der Waals surface area (Å²) in [5.74, 6) is 0.450. The fraction of sp³-hybridized carbons (Fsp3) is 0.611. The fourth-order valence-corrected chi connectivity index (χ4v) is 4.44. The third kappa shape index (κ3) is 3.22. The highest BCUT2D eigenvalue weighted by Crippen LogP contribution is 2.28. The van der Waals surface area contributed by atoms with Crippen LogP contribution in [0, 0.1) is 6.92 Å². The quantitative estimate of drug-likeness (QED) is 0.781. The highest BCUT2D eigenvalue weighted by atomic mass is 32.1. The third-order valence-corrected chi connectivity index (χ3v) is 6.20. The molecule has 0 radical (unpaired) electrons. The van der Waals surface area contributed by atoms with Gasteiger partial charge in [-0.15, -0.1) is 11.3 Å². The van der Waals surface area contributed by atoms with Gasteiger partial charge >= 0.3 is 5.97 Å². The smallest absolute Gasteiger partial charge is 0.348 e. The number of fused-ring (bicyclic) bond motifs is 2. The van der Waals surface area contributed by atoms with Crippen molar-refractivity contribution < 1.29 is 9.53 Å². The molecule has 0 N–H and O–H groups in total. The van der Waals surface area contributed by atoms with Crippen LogP contribution in [-0.4, -0.2) is 46.2 Å². The fourth-order valence-electron chi connectivity index (χ4n) is 3.35. The van der Waals surface area contributed by atoms with E-state index in [-0.39, 0.29) is 11.5 Å². The standard InChI is InChI=1S/C18H25N3O3S/c1-5-11(3)20-8-7-13-19-16-14(17(22)21(13)10-9-20)12(4)15(25-16)18(23)24-6-2/h11H,5-10H2,1-4H3. The molecule has 6 nitrogen and oxygen atoms in total. The van der Waals surface area contributed by atoms with Gasteiger partial charge in [0.05, 0.1) is 12.0 Å². The average Bonchev–Trinajstić information content (AvgIpc) is 2.78. The van der Waals surface area contributed by atoms with Gasteiger partial charge in [-0.2, -0.15) is 0 Å². The Kier molecular flexibility index (Phi) is 5.24. The first-order valence-electron chi connectivity index (χ1n) is 8.91. The second-order valence-corrected chi connectivity index (χ2v) is 7.48. The summed E-state index contributed by atoms with van der Waals surface area (Å²) in [5.41, 5.74) is 0.657. The Morgan fingerprint density at radius 1 is 1.32 bits per heavy atom. The number of aryl methyl sites for hydroxylation is 1. The van der Waals surface area contributed by atoms with Crippen LogP contribution < -0.4 is 5.56 Å². The maximum absolute atomic E-state index is 13.0. The number of ether oxygens (including phenoxy) is 1. The van der Waals surface area contributed by atoms with Crippen LogP contribution in [0.4, 0.5) is 0 Å². The first kappa shape index (κ1) is 18.1. The zero-order valence-electron chi connectivity index (χ0n) is 15.3. The number of hydrogen-bond donors (Lipinski definition) is 0. The summed E-state index contributed by atoms with van der Waals surface area (Å²) in [4.78, 5) is 33.4. The molecule has 0 aromatic carbocycles. The van der Waals surface area contributed by atoms with Gasteiger partial charge in [-0.3, -0.25) is 14.3 Å². The van der Waals surface area contributed by atoms with Gasteiger partial charge in [-0.05, 0) is 32.8 Å². The van der Waals surface area contributed by atoms with Gasteiger partial charge in [-0.1, -0.05) is 6.92 Å². The molecule has 0 bridgehead atoms. The lowest BCUT2D eigenvalue weighted by Gasteiger charge is -2.25. The highest BCUT2D eigenvalue weighted by molar-refractivity contribution is 7.20. The van der Waals surface area contributed by atoms with Gasteiger partial charge in [0.2, 0.25) is 0 Å². The van der Waals surface area contributed by atoms with Gasteiger partial charge in [0.25, 0.3) is 5.56 Å². The van der Waals surface area contributed by atoms with E-state index < -0.39 is 0 Å². The first-order chi connectivity index (χ1) is 12.0. The summed E-state index contributed by atoms with van der Waals surface area (Å²) < 4.78 is 6.90. The summed E-state index contributed by atoms with van der Waals surface area (Å²) in [5, 5.41) is 0.564. The molecule has 0 fully saturated rings. The molecule has 0 saturated carbocycles. The van der Waals surface area contributed by atoms with E-state index in [4.69, 9.17) is 9.72 Å². The SMILES string of the molecule is CCOC(=O)c1sc2nc3n(c(=O)c2c1C)CCN(C(C)CC)CC3. The normalized spacial score (nSPS) is 16.5. The number of aromatic nitrogens is 2. The Bertz CT molecular complexity index is 855. The van der Waals surface area contributed by atoms with Crippen molar-refractivity contribution in [1.82, 2.24) is 14.5 Å². The van der Waals surface area contributed by atoms with E-state index >= 15 is 0 Å². The van der Waals surface area contributed by atoms with E-state index in [9.17, 15) is 9.59 Å². The molecule has 7 heteroatoms. The van der Waals surface area contributed by atoms with E-state index in [1.807, 2.05) is 6.92 Å². The average molecular weight is 363 g/mol. The molecule has 1 aliphatic heterocycles. The number of thiophene rings is 1. The molecule has 1 atom stereocenters. The van der Waals surface area contributed by atoms with Crippen molar-refractivity contribution in [3.05, 3.63) is 26.6 Å². The molecule has 0 spiro atoms. The van der Waals surface area contributed by atoms with Crippen molar-refractivity contribution in [2.75, 3.05) is 19.7 Å². The predicted octanol–water partition coefficient (Wildman–Crippen LogP) is 2.60. The van der Waals surface area contributed by atoms with E-state index in [2.05, 4.69) is 18.7 Å². The van der Waals surface area contributed by atoms with E-state index in [0.717, 1.165) is 31.8 Å². The molecule has 2 aromatic heterocycles. The Morgan fingerprint density at radius 3 is 2.76 bits per heavy atom. The van der Waals surface area contributed by atoms with Crippen molar-refractivity contribution >= 4 is 27.5 Å². The Balaban J connectivity index is 2.04. The van der Waals surface area contributed by atoms with E-state index in [0.29, 0.717) is 39.9 Å². The van der Waals surface area contributed by atoms with E-state index in [1.165, 1.54) is 11.3 Å². The zero-order valence-corrected chi connectivity index (χ0v) is 16.1. The second kappa shape index (κ2) is 7.25. The summed E-state index contributed by atoms with van der Waals surface area (Å²) >= 11 is 1.26. The highest BCUT2D eigenvalue weighted by Gasteiger charge is 2.24. The van der Waals surface area contributed by atoms with Crippen LogP contribution in [0.25, 0.3) is 10.2 Å². The van der Waals surface area contributed by atoms with Gasteiger partial charge in [0.15, 0.2) is 0 Å². The Morgan fingerprint density at radius 2 is 2.08 bits per heavy atom. The predicted molar refractivity (Wildman–Crippen MR) is 99.6 cm³/mol. The number of carbonyl (C=O) groups excluding carboxylic acids is 1. The van der Waals surface area contributed by atoms with Crippen LogP contribution in [0.15, 0.2) is 4.79 Å². The summed E-state index contributed by atoms with van der Waals surface area (Å²) in [6.45, 7) is 10.7. The van der Waals surface area contributed by atoms with Crippen LogP contribution >= 0.6 is 11.3 Å². The minimum Gasteiger partial charge on any atom is -0.462 e. The largest absolute Gasteiger partial charge is 0.462 e. The van der Waals surface area contributed by atoms with Crippen molar-refractivity contribution in [3.63, 3.8) is 0 Å². The number of hydrogen-bond acceptors (Lipinski definition) is 6. The zero-order chi connectivity index (χ0) is 18.1. The molecule has 0 aliphatic carbocycles. The lowest BCUT2D eigenvalue weighted by atomic mass is 10.2. The Labute approximate surface area is 151 Å². The van der Waals surface area contributed by atoms with Crippen molar-refractivity contribution in [3.8, 4) is 0 Å². The number of nitrogens with zero attached hydrogens (tertiary/aromatic N) is 3. The van der Waals surface area contributed by atoms with Crippen LogP contribution in [0.1, 0.15) is 48.3 Å². The minimum atomic E-state index is -0.370. The Hall–Kier alpha value is -1.73. The number of rotatable bonds is 4. The molecule has 0 amide bonds. The molecule has 0 saturated heterocycles. The number of esters is 1. The molecule has 1 aliphatic rings. The lowest BCUT2D eigenvalue weighted by molar-refractivity contribution is 0.0531. The van der Waals surface area contributed by atoms with Crippen molar-refractivity contribution in [1.29, 1.82) is 0 Å². The van der Waals surface area contributed by atoms with Crippen LogP contribution in [0.2, 0.25) is 0 Å². The van der Waals surface area contributed by atoms with Crippen LogP contribution in [0.3, 0.4) is 0 Å². The molecule has 3 rings (SSSR count). The van der Waals surface area contributed by atoms with Crippen LogP contribution in [0.5, 0.6) is 0 Å². The molecule has 2 aromatic rings. The van der Waals surface area contributed by atoms with Crippen LogP contribution in [-0.2, 0) is 17.7 Å². The molecule has 136 valence electrons. The number of carbonyl (C=O) groups is 1. The molecular weight excluding hydrogens is 338 g/mol. The maximum Gasteiger partial charge on any atom is 0.348 e. The first-order valence-corrected chi connectivity index (χ1v) is 9.73. The monoisotopic (exact) mass is 363 g/mol. The third-order valence-electron chi connectivity index (χ3n) is 5.04. The summed E-state index contributed by atoms with van der Waals surface area (Å²) in [6, 6.07) is 0.503. The molecule has 1 unspecified atom stereocenters. The maximum atomic E-state index is 13.0. The van der Waals surface area contributed by atoms with Gasteiger partial charge in [0.1, 0.15) is 15.5 Å². The van der Waals surface area contributed by atoms with Crippen molar-refractivity contribution in [2.45, 2.75) is 53.1 Å². The summed E-state index contributed by atoms with van der Waals surface area (Å²) in [7, 11) is 0. The van der Waals surface area contributed by atoms with Gasteiger partial charge in [-0.25, -0.2) is 9.78 Å². The molecule has 25 heavy (non-hydrogen) atoms. The minimum absolute atomic E-state index is 0.0321. The van der Waals surface area contributed by atoms with Crippen molar-refractivity contribution in [2.24, 2.45) is 0 Å². The van der Waals surface area contributed by atoms with E-state index in [1.54, 1.807) is 11.5 Å². The second-order valence-electron chi connectivity index (χ2n) is 6.48.